The summed E-state index contributed by atoms with van der Waals surface area (Å²) in [5, 5.41) is 12.2. The van der Waals surface area contributed by atoms with Gasteiger partial charge in [0.05, 0.1) is 6.61 Å². The van der Waals surface area contributed by atoms with Gasteiger partial charge in [0.1, 0.15) is 6.04 Å². The molecule has 0 saturated carbocycles. The average Bonchev–Trinajstić information content (AvgIpc) is 2.97. The predicted octanol–water partition coefficient (Wildman–Crippen LogP) is 0.284. The van der Waals surface area contributed by atoms with Gasteiger partial charge in [0.2, 0.25) is 5.91 Å². The molecule has 1 aliphatic rings. The van der Waals surface area contributed by atoms with Gasteiger partial charge in [-0.3, -0.25) is 9.59 Å². The molecule has 1 aromatic rings. The van der Waals surface area contributed by atoms with Crippen molar-refractivity contribution in [2.75, 3.05) is 6.61 Å². The van der Waals surface area contributed by atoms with Gasteiger partial charge < -0.3 is 19.6 Å². The zero-order chi connectivity index (χ0) is 19.1. The molecule has 0 aliphatic carbocycles. The van der Waals surface area contributed by atoms with Crippen LogP contribution in [0.15, 0.2) is 65.7 Å². The number of amides is 1. The maximum atomic E-state index is 12.4. The Kier molecular flexibility index (Phi) is 7.00. The number of carbonyl (C=O) groups is 2. The lowest BCUT2D eigenvalue weighted by molar-refractivity contribution is -0.138. The summed E-state index contributed by atoms with van der Waals surface area (Å²) in [6.45, 7) is 5.61. The number of hydrogen-bond acceptors (Lipinski definition) is 5. The van der Waals surface area contributed by atoms with E-state index in [1.54, 1.807) is 19.1 Å². The van der Waals surface area contributed by atoms with Crippen molar-refractivity contribution in [2.24, 2.45) is 0 Å². The second-order valence-electron chi connectivity index (χ2n) is 5.97. The quantitative estimate of drug-likeness (QED) is 0.567. The van der Waals surface area contributed by atoms with Crippen molar-refractivity contribution >= 4 is 27.0 Å². The summed E-state index contributed by atoms with van der Waals surface area (Å²) in [4.78, 5) is 24.4. The van der Waals surface area contributed by atoms with E-state index in [0.29, 0.717) is 17.5 Å². The smallest absolute Gasteiger partial charge is 0.491 e. The van der Waals surface area contributed by atoms with Crippen LogP contribution in [0.1, 0.15) is 12.5 Å². The number of benzene rings is 1. The Bertz CT molecular complexity index is 745. The van der Waals surface area contributed by atoms with E-state index in [4.69, 9.17) is 9.31 Å². The minimum atomic E-state index is -1.00. The minimum Gasteiger partial charge on any atom is -0.542 e. The highest BCUT2D eigenvalue weighted by atomic mass is 16.5. The third-order valence-corrected chi connectivity index (χ3v) is 4.07. The van der Waals surface area contributed by atoms with Crippen LogP contribution in [0.5, 0.6) is 0 Å². The van der Waals surface area contributed by atoms with Crippen LogP contribution < -0.4 is 5.32 Å². The first kappa shape index (κ1) is 19.8. The van der Waals surface area contributed by atoms with Gasteiger partial charge in [-0.25, -0.2) is 0 Å². The molecule has 2 rings (SSSR count). The highest BCUT2D eigenvalue weighted by Gasteiger charge is 2.28. The van der Waals surface area contributed by atoms with Crippen molar-refractivity contribution in [3.63, 3.8) is 0 Å². The third-order valence-electron chi connectivity index (χ3n) is 4.07. The van der Waals surface area contributed by atoms with Crippen LogP contribution in [-0.2, 0) is 25.3 Å². The van der Waals surface area contributed by atoms with Crippen molar-refractivity contribution in [2.45, 2.75) is 19.4 Å². The average molecular weight is 353 g/mol. The summed E-state index contributed by atoms with van der Waals surface area (Å²) in [7, 11) is 0.287. The van der Waals surface area contributed by atoms with E-state index < -0.39 is 19.1 Å². The molecule has 26 heavy (non-hydrogen) atoms. The van der Waals surface area contributed by atoms with E-state index in [-0.39, 0.29) is 12.5 Å². The molecule has 1 aromatic carbocycles. The maximum absolute atomic E-state index is 12.4. The van der Waals surface area contributed by atoms with Gasteiger partial charge in [0.25, 0.3) is 0 Å². The topological polar surface area (TPSA) is 84.9 Å². The molecule has 6 nitrogen and oxygen atoms in total. The summed E-state index contributed by atoms with van der Waals surface area (Å²) in [6, 6.07) is 8.60. The molecule has 1 fully saturated rings. The molecule has 1 atom stereocenters. The molecule has 2 N–H and O–H groups in total. The highest BCUT2D eigenvalue weighted by Crippen LogP contribution is 2.19. The predicted molar refractivity (Wildman–Crippen MR) is 102 cm³/mol. The number of hydrogen-bond donors (Lipinski definition) is 2. The zero-order valence-corrected chi connectivity index (χ0v) is 14.9. The minimum absolute atomic E-state index is 0.240. The molecular formula is C18H21B2NO5. The number of nitrogens with one attached hydrogen (secondary N) is 1. The van der Waals surface area contributed by atoms with E-state index in [1.807, 2.05) is 30.3 Å². The Hall–Kier alpha value is -2.57. The zero-order valence-electron chi connectivity index (χ0n) is 14.9. The lowest BCUT2D eigenvalue weighted by Gasteiger charge is -2.17. The van der Waals surface area contributed by atoms with Crippen LogP contribution >= 0.6 is 0 Å². The summed E-state index contributed by atoms with van der Waals surface area (Å²) in [5.41, 5.74) is 2.53. The summed E-state index contributed by atoms with van der Waals surface area (Å²) in [6.07, 6.45) is 3.62. The largest absolute Gasteiger partial charge is 0.542 e. The maximum Gasteiger partial charge on any atom is 0.491 e. The molecule has 134 valence electrons. The van der Waals surface area contributed by atoms with E-state index in [2.05, 4.69) is 11.9 Å². The van der Waals surface area contributed by atoms with Crippen LogP contribution in [0.3, 0.4) is 0 Å². The van der Waals surface area contributed by atoms with Crippen molar-refractivity contribution in [1.82, 2.24) is 5.32 Å². The Labute approximate surface area is 154 Å². The molecule has 0 radical (unpaired) electrons. The number of rotatable bonds is 6. The van der Waals surface area contributed by atoms with Gasteiger partial charge >= 0.3 is 21.1 Å². The normalized spacial score (nSPS) is 17.3. The van der Waals surface area contributed by atoms with Crippen LogP contribution in [0.4, 0.5) is 0 Å². The third kappa shape index (κ3) is 5.21. The number of carbonyl (C=O) groups excluding carboxylic acids is 2. The van der Waals surface area contributed by atoms with Gasteiger partial charge in [-0.2, -0.15) is 0 Å². The standard InChI is InChI=1S/C18H21B2NO5/c1-12(8-9-15-11-25-20(24)13(15)2)17(22)21-16(18(23)26-19)10-14-6-4-3-5-7-14/h3-9,16,24H,2,10-11,19H2,1H3,(H,21,22)/b12-8+,15-9-. The molecule has 1 unspecified atom stereocenters. The Morgan fingerprint density at radius 1 is 1.46 bits per heavy atom. The second kappa shape index (κ2) is 9.22. The summed E-state index contributed by atoms with van der Waals surface area (Å²) < 4.78 is 9.84. The fourth-order valence-corrected chi connectivity index (χ4v) is 2.43. The van der Waals surface area contributed by atoms with E-state index >= 15 is 0 Å². The van der Waals surface area contributed by atoms with Gasteiger partial charge in [0.15, 0.2) is 0 Å². The van der Waals surface area contributed by atoms with E-state index in [1.165, 1.54) is 8.05 Å². The molecule has 0 spiro atoms. The fourth-order valence-electron chi connectivity index (χ4n) is 2.43. The lowest BCUT2D eigenvalue weighted by Crippen LogP contribution is -2.43. The van der Waals surface area contributed by atoms with Gasteiger partial charge in [-0.05, 0) is 23.5 Å². The molecule has 1 aliphatic heterocycles. The first-order valence-corrected chi connectivity index (χ1v) is 8.21. The van der Waals surface area contributed by atoms with Crippen LogP contribution in [-0.4, -0.2) is 44.7 Å². The molecular weight excluding hydrogens is 332 g/mol. The van der Waals surface area contributed by atoms with Crippen LogP contribution in [0.2, 0.25) is 0 Å². The van der Waals surface area contributed by atoms with Crippen molar-refractivity contribution in [1.29, 1.82) is 0 Å². The molecule has 0 bridgehead atoms. The Morgan fingerprint density at radius 2 is 2.15 bits per heavy atom. The first-order valence-electron chi connectivity index (χ1n) is 8.21. The highest BCUT2D eigenvalue weighted by molar-refractivity contribution is 6.54. The lowest BCUT2D eigenvalue weighted by atomic mass is 9.79. The van der Waals surface area contributed by atoms with Crippen molar-refractivity contribution < 1.29 is 23.9 Å². The molecule has 0 aromatic heterocycles. The summed E-state index contributed by atoms with van der Waals surface area (Å²) in [5.74, 6) is -0.882. The monoisotopic (exact) mass is 353 g/mol. The SMILES string of the molecule is BOC(=O)C(Cc1ccccc1)NC(=O)/C(C)=C/C=C1/COB(O)C1=C. The number of allylic oxidation sites excluding steroid dienone is 2. The van der Waals surface area contributed by atoms with Gasteiger partial charge in [-0.15, -0.1) is 0 Å². The van der Waals surface area contributed by atoms with Crippen molar-refractivity contribution in [3.05, 3.63) is 71.2 Å². The molecule has 1 amide bonds. The van der Waals surface area contributed by atoms with Crippen LogP contribution in [0, 0.1) is 0 Å². The Morgan fingerprint density at radius 3 is 2.73 bits per heavy atom. The van der Waals surface area contributed by atoms with Gasteiger partial charge in [0, 0.05) is 12.0 Å². The Balaban J connectivity index is 2.06. The fraction of sp³-hybridized carbons (Fsp3) is 0.222. The molecule has 1 heterocycles. The summed E-state index contributed by atoms with van der Waals surface area (Å²) >= 11 is 0. The second-order valence-corrected chi connectivity index (χ2v) is 5.97. The van der Waals surface area contributed by atoms with Crippen LogP contribution in [0.25, 0.3) is 0 Å². The van der Waals surface area contributed by atoms with E-state index in [0.717, 1.165) is 11.1 Å². The van der Waals surface area contributed by atoms with E-state index in [9.17, 15) is 14.6 Å². The van der Waals surface area contributed by atoms with Gasteiger partial charge in [-0.1, -0.05) is 49.1 Å². The van der Waals surface area contributed by atoms with Crippen molar-refractivity contribution in [3.8, 4) is 0 Å². The molecule has 1 saturated heterocycles. The molecule has 8 heteroatoms. The first-order chi connectivity index (χ1) is 12.4.